The highest BCUT2D eigenvalue weighted by atomic mass is 32.2. The average Bonchev–Trinajstić information content (AvgIpc) is 3.38. The molecule has 4 N–H and O–H groups in total. The van der Waals surface area contributed by atoms with E-state index >= 15 is 0 Å². The van der Waals surface area contributed by atoms with Gasteiger partial charge in [0.05, 0.1) is 25.8 Å². The Morgan fingerprint density at radius 2 is 1.91 bits per heavy atom. The number of non-ortho nitro benzene ring substituents is 1. The quantitative estimate of drug-likeness (QED) is 0.248. The molecule has 0 bridgehead atoms. The van der Waals surface area contributed by atoms with Crippen molar-refractivity contribution in [3.8, 4) is 11.8 Å². The molecule has 1 aromatic rings. The number of amides is 1. The third kappa shape index (κ3) is 3.59. The number of anilines is 2. The van der Waals surface area contributed by atoms with Crippen molar-refractivity contribution in [2.75, 3.05) is 11.5 Å². The number of hydrogen-bond donors (Lipinski definition) is 3. The Kier molecular flexibility index (Phi) is 5.81. The molecule has 14 heteroatoms. The molecule has 176 valence electrons. The summed E-state index contributed by atoms with van der Waals surface area (Å²) in [6.07, 6.45) is 0. The van der Waals surface area contributed by atoms with Crippen molar-refractivity contribution in [3.05, 3.63) is 62.7 Å². The van der Waals surface area contributed by atoms with E-state index in [1.807, 2.05) is 0 Å². The van der Waals surface area contributed by atoms with Gasteiger partial charge in [0, 0.05) is 17.8 Å². The number of fused-ring (bicyclic) bond motifs is 1. The summed E-state index contributed by atoms with van der Waals surface area (Å²) in [5.41, 5.74) is 3.47. The van der Waals surface area contributed by atoms with Gasteiger partial charge in [-0.1, -0.05) is 0 Å². The number of carbonyl (C=O) groups excluding carboxylic acids is 2. The highest BCUT2D eigenvalue weighted by Crippen LogP contribution is 2.37. The predicted molar refractivity (Wildman–Crippen MR) is 126 cm³/mol. The fourth-order valence-electron chi connectivity index (χ4n) is 3.53. The number of carbonyl (C=O) groups is 2. The van der Waals surface area contributed by atoms with Crippen LogP contribution in [0, 0.1) is 35.9 Å². The third-order valence-electron chi connectivity index (χ3n) is 5.00. The number of primary amides is 1. The first kappa shape index (κ1) is 23.5. The Morgan fingerprint density at radius 1 is 1.29 bits per heavy atom. The summed E-state index contributed by atoms with van der Waals surface area (Å²) in [6.45, 7) is 1.50. The second kappa shape index (κ2) is 8.63. The van der Waals surface area contributed by atoms with Gasteiger partial charge < -0.3 is 15.6 Å². The van der Waals surface area contributed by atoms with Gasteiger partial charge in [-0.15, -0.1) is 22.7 Å². The summed E-state index contributed by atoms with van der Waals surface area (Å²) in [5, 5.41) is 39.8. The molecule has 2 aliphatic heterocycles. The Morgan fingerprint density at radius 3 is 2.46 bits per heavy atom. The molecular formula is C21H13N5O7S2. The lowest BCUT2D eigenvalue weighted by Gasteiger charge is -2.21. The van der Waals surface area contributed by atoms with Crippen LogP contribution in [0.15, 0.2) is 29.1 Å². The maximum Gasteiger partial charge on any atom is 0.342 e. The van der Waals surface area contributed by atoms with Crippen LogP contribution < -0.4 is 25.1 Å². The van der Waals surface area contributed by atoms with E-state index in [1.165, 1.54) is 24.3 Å². The van der Waals surface area contributed by atoms with Gasteiger partial charge in [0.2, 0.25) is 5.43 Å². The van der Waals surface area contributed by atoms with Crippen LogP contribution in [0.4, 0.5) is 17.1 Å². The number of nitrogens with one attached hydrogen (secondary N) is 1. The number of aromatic hydroxyl groups is 1. The minimum Gasteiger partial charge on any atom is -0.504 e. The average molecular weight is 511 g/mol. The summed E-state index contributed by atoms with van der Waals surface area (Å²) in [5.74, 6) is -2.93. The maximum atomic E-state index is 13.5. The van der Waals surface area contributed by atoms with Crippen molar-refractivity contribution in [1.29, 1.82) is 10.7 Å². The van der Waals surface area contributed by atoms with Crippen LogP contribution in [0.3, 0.4) is 0 Å². The Hall–Kier alpha value is -4.61. The molecule has 0 unspecified atom stereocenters. The number of nitrogens with two attached hydrogens (primary N) is 1. The fraction of sp³-hybridized carbons (Fsp3) is 0.0952. The fourth-order valence-corrected chi connectivity index (χ4v) is 6.08. The van der Waals surface area contributed by atoms with Gasteiger partial charge in [-0.2, -0.15) is 5.26 Å². The number of benzene rings is 1. The zero-order valence-electron chi connectivity index (χ0n) is 17.6. The predicted octanol–water partition coefficient (Wildman–Crippen LogP) is 0.511. The standard InChI is InChI=1S/C21H13N5O7S2/c1-2-33-20(30)12-11-13(25(18(12)23)8-3-5-9(6-4-8)26(31)32)15(28)17-16(14(11)27)34-21(35-17)10(7-22)19(24)29/h3-6,23,28H,2H2,1H3,(H2,24,29)/b21-10-,23-18?. The Balaban J connectivity index is 2.14. The van der Waals surface area contributed by atoms with E-state index in [1.54, 1.807) is 13.0 Å². The number of nitro groups is 1. The van der Waals surface area contributed by atoms with Crippen molar-refractivity contribution in [1.82, 2.24) is 0 Å². The van der Waals surface area contributed by atoms with E-state index < -0.39 is 45.0 Å². The first-order chi connectivity index (χ1) is 16.6. The van der Waals surface area contributed by atoms with Crippen molar-refractivity contribution in [2.45, 2.75) is 6.92 Å². The lowest BCUT2D eigenvalue weighted by molar-refractivity contribution is -0.384. The minimum absolute atomic E-state index is 0.0209. The molecule has 12 nitrogen and oxygen atoms in total. The largest absolute Gasteiger partial charge is 0.504 e. The van der Waals surface area contributed by atoms with Crippen molar-refractivity contribution in [3.63, 3.8) is 0 Å². The molecule has 1 amide bonds. The third-order valence-corrected chi connectivity index (χ3v) is 7.60. The van der Waals surface area contributed by atoms with Gasteiger partial charge in [0.15, 0.2) is 5.75 Å². The number of hydrogen-bond acceptors (Lipinski definition) is 11. The number of rotatable bonds is 5. The van der Waals surface area contributed by atoms with Crippen LogP contribution in [0.1, 0.15) is 6.92 Å². The van der Waals surface area contributed by atoms with Gasteiger partial charge in [-0.05, 0) is 19.1 Å². The summed E-state index contributed by atoms with van der Waals surface area (Å²) < 4.78 is 5.09. The first-order valence-corrected chi connectivity index (χ1v) is 11.3. The molecule has 35 heavy (non-hydrogen) atoms. The highest BCUT2D eigenvalue weighted by molar-refractivity contribution is 7.25. The zero-order chi connectivity index (χ0) is 25.6. The molecule has 2 heterocycles. The monoisotopic (exact) mass is 511 g/mol. The van der Waals surface area contributed by atoms with Gasteiger partial charge in [0.1, 0.15) is 32.6 Å². The van der Waals surface area contributed by atoms with E-state index in [0.29, 0.717) is 0 Å². The molecule has 3 aliphatic rings. The van der Waals surface area contributed by atoms with E-state index in [4.69, 9.17) is 15.9 Å². The molecule has 0 fully saturated rings. The van der Waals surface area contributed by atoms with Crippen LogP contribution in [0.25, 0.3) is 11.1 Å². The molecule has 1 aromatic carbocycles. The van der Waals surface area contributed by atoms with Crippen LogP contribution in [0.2, 0.25) is 0 Å². The molecular weight excluding hydrogens is 498 g/mol. The molecule has 0 saturated carbocycles. The summed E-state index contributed by atoms with van der Waals surface area (Å²) in [4.78, 5) is 49.4. The minimum atomic E-state index is -1.01. The first-order valence-electron chi connectivity index (χ1n) is 9.70. The number of esters is 1. The molecule has 0 spiro atoms. The van der Waals surface area contributed by atoms with E-state index in [2.05, 4.69) is 0 Å². The summed E-state index contributed by atoms with van der Waals surface area (Å²) >= 11 is 1.54. The van der Waals surface area contributed by atoms with Gasteiger partial charge in [-0.3, -0.25) is 30.0 Å². The number of nitriles is 1. The van der Waals surface area contributed by atoms with Crippen molar-refractivity contribution >= 4 is 68.6 Å². The Bertz CT molecular complexity index is 1750. The smallest absolute Gasteiger partial charge is 0.342 e. The molecule has 4 rings (SSSR count). The molecule has 0 aromatic heterocycles. The second-order valence-corrected chi connectivity index (χ2v) is 9.25. The van der Waals surface area contributed by atoms with Gasteiger partial charge in [-0.25, -0.2) is 4.79 Å². The maximum absolute atomic E-state index is 13.5. The lowest BCUT2D eigenvalue weighted by atomic mass is 10.2. The number of ether oxygens (including phenoxy) is 1. The van der Waals surface area contributed by atoms with E-state index in [0.717, 1.165) is 27.6 Å². The zero-order valence-corrected chi connectivity index (χ0v) is 19.3. The van der Waals surface area contributed by atoms with Crippen molar-refractivity contribution < 1.29 is 24.4 Å². The van der Waals surface area contributed by atoms with Gasteiger partial charge >= 0.3 is 5.97 Å². The SMILES string of the molecule is CCOC(=O)C1=c2c(c(O)c3s/c(=C(/C#N)C(N)=O)sc=3c2=O)N(c2ccc([N+](=O)[O-])cc2)C1=N. The van der Waals surface area contributed by atoms with Crippen LogP contribution in [-0.4, -0.2) is 34.3 Å². The second-order valence-electron chi connectivity index (χ2n) is 6.96. The number of nitrogens with zero attached hydrogens (tertiary/aromatic N) is 3. The number of amidine groups is 1. The normalized spacial score (nSPS) is 13.4. The van der Waals surface area contributed by atoms with Crippen molar-refractivity contribution in [2.24, 2.45) is 5.73 Å². The molecule has 0 radical (unpaired) electrons. The van der Waals surface area contributed by atoms with Crippen LogP contribution >= 0.6 is 22.7 Å². The molecule has 1 aliphatic carbocycles. The van der Waals surface area contributed by atoms with Crippen LogP contribution in [0.5, 0.6) is 5.75 Å². The van der Waals surface area contributed by atoms with Crippen LogP contribution in [-0.2, 0) is 14.3 Å². The highest BCUT2D eigenvalue weighted by Gasteiger charge is 2.37. The van der Waals surface area contributed by atoms with E-state index in [9.17, 15) is 34.9 Å². The molecule has 0 atom stereocenters. The van der Waals surface area contributed by atoms with E-state index in [-0.39, 0.29) is 41.8 Å². The molecule has 0 saturated heterocycles. The number of nitro benzene ring substituents is 1. The summed E-state index contributed by atoms with van der Waals surface area (Å²) in [6, 6.07) is 6.62. The topological polar surface area (TPSA) is 201 Å². The summed E-state index contributed by atoms with van der Waals surface area (Å²) in [7, 11) is 0. The Labute approximate surface area is 202 Å². The van der Waals surface area contributed by atoms with Gasteiger partial charge in [0.25, 0.3) is 11.6 Å². The lowest BCUT2D eigenvalue weighted by Crippen LogP contribution is -2.29.